The molecule has 19 heavy (non-hydrogen) atoms. The highest BCUT2D eigenvalue weighted by Gasteiger charge is 2.17. The minimum absolute atomic E-state index is 0.147. The molecule has 2 aromatic rings. The molecule has 102 valence electrons. The van der Waals surface area contributed by atoms with Gasteiger partial charge in [0.2, 0.25) is 5.88 Å². The van der Waals surface area contributed by atoms with Gasteiger partial charge in [-0.15, -0.1) is 0 Å². The summed E-state index contributed by atoms with van der Waals surface area (Å²) < 4.78 is 7.53. The molecular formula is C13H15Cl2N3O. The van der Waals surface area contributed by atoms with Crippen LogP contribution in [0.2, 0.25) is 10.0 Å². The summed E-state index contributed by atoms with van der Waals surface area (Å²) in [6.45, 7) is 5.86. The molecule has 0 atom stereocenters. The maximum atomic E-state index is 5.99. The monoisotopic (exact) mass is 299 g/mol. The first-order chi connectivity index (χ1) is 8.90. The zero-order valence-electron chi connectivity index (χ0n) is 10.9. The third kappa shape index (κ3) is 2.80. The molecule has 0 fully saturated rings. The van der Waals surface area contributed by atoms with Crippen LogP contribution in [0.5, 0.6) is 11.6 Å². The van der Waals surface area contributed by atoms with E-state index in [0.29, 0.717) is 27.4 Å². The van der Waals surface area contributed by atoms with Crippen LogP contribution < -0.4 is 10.5 Å². The minimum Gasteiger partial charge on any atom is -0.437 e. The van der Waals surface area contributed by atoms with Crippen molar-refractivity contribution in [2.75, 3.05) is 5.73 Å². The van der Waals surface area contributed by atoms with Crippen molar-refractivity contribution in [1.82, 2.24) is 9.78 Å². The summed E-state index contributed by atoms with van der Waals surface area (Å²) in [4.78, 5) is 0. The van der Waals surface area contributed by atoms with E-state index in [-0.39, 0.29) is 6.04 Å². The Hall–Kier alpha value is -1.39. The number of nitrogens with zero attached hydrogens (tertiary/aromatic N) is 2. The molecule has 6 heteroatoms. The van der Waals surface area contributed by atoms with Gasteiger partial charge in [0, 0.05) is 6.07 Å². The lowest BCUT2D eigenvalue weighted by atomic mass is 10.3. The Bertz CT molecular complexity index is 608. The van der Waals surface area contributed by atoms with Gasteiger partial charge in [0.1, 0.15) is 11.4 Å². The first kappa shape index (κ1) is 14.0. The Balaban J connectivity index is 2.40. The van der Waals surface area contributed by atoms with Crippen molar-refractivity contribution in [2.45, 2.75) is 26.8 Å². The van der Waals surface area contributed by atoms with Crippen LogP contribution in [0.15, 0.2) is 18.2 Å². The van der Waals surface area contributed by atoms with E-state index in [9.17, 15) is 0 Å². The van der Waals surface area contributed by atoms with E-state index in [1.54, 1.807) is 22.9 Å². The lowest BCUT2D eigenvalue weighted by molar-refractivity contribution is 0.390. The van der Waals surface area contributed by atoms with Crippen LogP contribution in [-0.4, -0.2) is 9.78 Å². The second kappa shape index (κ2) is 5.31. The number of benzene rings is 1. The van der Waals surface area contributed by atoms with Crippen molar-refractivity contribution in [3.8, 4) is 11.6 Å². The Morgan fingerprint density at radius 3 is 2.53 bits per heavy atom. The number of rotatable bonds is 3. The average Bonchev–Trinajstić information content (AvgIpc) is 2.62. The number of hydrogen-bond donors (Lipinski definition) is 1. The van der Waals surface area contributed by atoms with Crippen LogP contribution in [-0.2, 0) is 0 Å². The van der Waals surface area contributed by atoms with Crippen molar-refractivity contribution in [3.05, 3.63) is 33.9 Å². The molecular weight excluding hydrogens is 285 g/mol. The molecule has 0 unspecified atom stereocenters. The number of ether oxygens (including phenoxy) is 1. The Kier molecular flexibility index (Phi) is 3.92. The molecule has 2 rings (SSSR count). The normalized spacial score (nSPS) is 11.1. The van der Waals surface area contributed by atoms with E-state index in [1.807, 2.05) is 20.8 Å². The highest BCUT2D eigenvalue weighted by Crippen LogP contribution is 2.34. The summed E-state index contributed by atoms with van der Waals surface area (Å²) in [5.41, 5.74) is 7.26. The SMILES string of the molecule is Cc1nn(C(C)C)c(Oc2ccc(Cl)c(Cl)c2)c1N. The van der Waals surface area contributed by atoms with Gasteiger partial charge in [-0.1, -0.05) is 23.2 Å². The highest BCUT2D eigenvalue weighted by atomic mass is 35.5. The standard InChI is InChI=1S/C13H15Cl2N3O/c1-7(2)18-13(12(16)8(3)17-18)19-9-4-5-10(14)11(15)6-9/h4-7H,16H2,1-3H3. The highest BCUT2D eigenvalue weighted by molar-refractivity contribution is 6.42. The van der Waals surface area contributed by atoms with E-state index < -0.39 is 0 Å². The van der Waals surface area contributed by atoms with Gasteiger partial charge in [0.25, 0.3) is 0 Å². The summed E-state index contributed by atoms with van der Waals surface area (Å²) >= 11 is 11.8. The quantitative estimate of drug-likeness (QED) is 0.910. The number of nitrogen functional groups attached to an aromatic ring is 1. The molecule has 0 aliphatic carbocycles. The van der Waals surface area contributed by atoms with E-state index in [0.717, 1.165) is 5.69 Å². The zero-order chi connectivity index (χ0) is 14.2. The third-order valence-electron chi connectivity index (χ3n) is 2.68. The summed E-state index contributed by atoms with van der Waals surface area (Å²) in [6, 6.07) is 5.21. The van der Waals surface area contributed by atoms with Gasteiger partial charge in [-0.05, 0) is 32.9 Å². The minimum atomic E-state index is 0.147. The van der Waals surface area contributed by atoms with Gasteiger partial charge in [-0.25, -0.2) is 4.68 Å². The fourth-order valence-corrected chi connectivity index (χ4v) is 1.93. The number of aryl methyl sites for hydroxylation is 1. The molecule has 1 heterocycles. The molecule has 0 aliphatic rings. The van der Waals surface area contributed by atoms with Crippen LogP contribution in [0.25, 0.3) is 0 Å². The molecule has 0 radical (unpaired) electrons. The Morgan fingerprint density at radius 1 is 1.26 bits per heavy atom. The molecule has 0 amide bonds. The molecule has 0 saturated carbocycles. The van der Waals surface area contributed by atoms with E-state index >= 15 is 0 Å². The van der Waals surface area contributed by atoms with Crippen molar-refractivity contribution in [2.24, 2.45) is 0 Å². The first-order valence-electron chi connectivity index (χ1n) is 5.87. The Labute approximate surface area is 122 Å². The topological polar surface area (TPSA) is 53.1 Å². The first-order valence-corrected chi connectivity index (χ1v) is 6.63. The van der Waals surface area contributed by atoms with Crippen LogP contribution in [0.4, 0.5) is 5.69 Å². The number of aromatic nitrogens is 2. The molecule has 0 spiro atoms. The molecule has 2 N–H and O–H groups in total. The lowest BCUT2D eigenvalue weighted by Crippen LogP contribution is -2.05. The maximum Gasteiger partial charge on any atom is 0.241 e. The van der Waals surface area contributed by atoms with Gasteiger partial charge in [-0.3, -0.25) is 0 Å². The lowest BCUT2D eigenvalue weighted by Gasteiger charge is -2.12. The fraction of sp³-hybridized carbons (Fsp3) is 0.308. The second-order valence-electron chi connectivity index (χ2n) is 4.52. The number of anilines is 1. The molecule has 0 bridgehead atoms. The summed E-state index contributed by atoms with van der Waals surface area (Å²) in [7, 11) is 0. The van der Waals surface area contributed by atoms with E-state index in [1.165, 1.54) is 0 Å². The van der Waals surface area contributed by atoms with Crippen molar-refractivity contribution in [3.63, 3.8) is 0 Å². The van der Waals surface area contributed by atoms with Crippen LogP contribution in [0.3, 0.4) is 0 Å². The van der Waals surface area contributed by atoms with Crippen LogP contribution in [0.1, 0.15) is 25.6 Å². The van der Waals surface area contributed by atoms with Crippen molar-refractivity contribution in [1.29, 1.82) is 0 Å². The molecule has 4 nitrogen and oxygen atoms in total. The fourth-order valence-electron chi connectivity index (χ4n) is 1.64. The van der Waals surface area contributed by atoms with Gasteiger partial charge in [-0.2, -0.15) is 5.10 Å². The summed E-state index contributed by atoms with van der Waals surface area (Å²) in [6.07, 6.45) is 0. The smallest absolute Gasteiger partial charge is 0.241 e. The maximum absolute atomic E-state index is 5.99. The van der Waals surface area contributed by atoms with Gasteiger partial charge >= 0.3 is 0 Å². The third-order valence-corrected chi connectivity index (χ3v) is 3.42. The largest absolute Gasteiger partial charge is 0.437 e. The second-order valence-corrected chi connectivity index (χ2v) is 5.33. The van der Waals surface area contributed by atoms with E-state index in [2.05, 4.69) is 5.10 Å². The predicted molar refractivity (Wildman–Crippen MR) is 78.3 cm³/mol. The average molecular weight is 300 g/mol. The summed E-state index contributed by atoms with van der Waals surface area (Å²) in [5, 5.41) is 5.27. The van der Waals surface area contributed by atoms with Gasteiger partial charge < -0.3 is 10.5 Å². The molecule has 1 aromatic heterocycles. The number of halogens is 2. The Morgan fingerprint density at radius 2 is 1.95 bits per heavy atom. The van der Waals surface area contributed by atoms with Gasteiger partial charge in [0.15, 0.2) is 0 Å². The van der Waals surface area contributed by atoms with Crippen molar-refractivity contribution < 1.29 is 4.74 Å². The molecule has 1 aromatic carbocycles. The predicted octanol–water partition coefficient (Wildman–Crippen LogP) is 4.45. The number of hydrogen-bond acceptors (Lipinski definition) is 3. The zero-order valence-corrected chi connectivity index (χ0v) is 12.5. The van der Waals surface area contributed by atoms with Crippen molar-refractivity contribution >= 4 is 28.9 Å². The van der Waals surface area contributed by atoms with Crippen LogP contribution in [0, 0.1) is 6.92 Å². The van der Waals surface area contributed by atoms with Gasteiger partial charge in [0.05, 0.1) is 21.8 Å². The van der Waals surface area contributed by atoms with Crippen LogP contribution >= 0.6 is 23.2 Å². The van der Waals surface area contributed by atoms with E-state index in [4.69, 9.17) is 33.7 Å². The molecule has 0 saturated heterocycles. The molecule has 0 aliphatic heterocycles. The number of nitrogens with two attached hydrogens (primary N) is 1. The summed E-state index contributed by atoms with van der Waals surface area (Å²) in [5.74, 6) is 1.09.